The summed E-state index contributed by atoms with van der Waals surface area (Å²) in [5, 5.41) is 8.78. The predicted molar refractivity (Wildman–Crippen MR) is 181 cm³/mol. The summed E-state index contributed by atoms with van der Waals surface area (Å²) >= 11 is 0. The molecule has 3 atom stereocenters. The van der Waals surface area contributed by atoms with Gasteiger partial charge in [0.25, 0.3) is 0 Å². The Bertz CT molecular complexity index is 2000. The number of carbonyl (C=O) groups excluding carboxylic acids is 3. The van der Waals surface area contributed by atoms with Gasteiger partial charge in [-0.05, 0) is 95.5 Å². The van der Waals surface area contributed by atoms with Crippen LogP contribution in [0.5, 0.6) is 11.5 Å². The SMILES string of the molecule is COc1ccc2c(c1)[C@]1(C[C@H]1c1ccc3c(Nc4cccc5c4OCC5C)nn(C(=O)OC(C)(C)C)c3c1)C(=O)N2C(=O)OC(C)(C)C. The summed E-state index contributed by atoms with van der Waals surface area (Å²) in [7, 11) is 1.56. The number of nitrogens with one attached hydrogen (secondary N) is 1. The molecule has 7 rings (SSSR count). The molecule has 1 unspecified atom stereocenters. The van der Waals surface area contributed by atoms with Crippen LogP contribution in [0, 0.1) is 0 Å². The van der Waals surface area contributed by atoms with E-state index in [1.54, 1.807) is 60.8 Å². The Labute approximate surface area is 279 Å². The number of aromatic nitrogens is 2. The first-order valence-corrected chi connectivity index (χ1v) is 16.2. The summed E-state index contributed by atoms with van der Waals surface area (Å²) in [6.45, 7) is 13.4. The third-order valence-corrected chi connectivity index (χ3v) is 9.03. The highest BCUT2D eigenvalue weighted by Gasteiger charge is 2.68. The monoisotopic (exact) mass is 652 g/mol. The number of nitrogens with zero attached hydrogens (tertiary/aromatic N) is 3. The molecule has 1 spiro atoms. The Kier molecular flexibility index (Phi) is 7.05. The van der Waals surface area contributed by atoms with Crippen molar-refractivity contribution in [1.29, 1.82) is 0 Å². The zero-order chi connectivity index (χ0) is 34.3. The van der Waals surface area contributed by atoms with E-state index in [-0.39, 0.29) is 17.7 Å². The van der Waals surface area contributed by atoms with Crippen LogP contribution in [-0.4, -0.2) is 52.8 Å². The molecule has 250 valence electrons. The zero-order valence-corrected chi connectivity index (χ0v) is 28.5. The van der Waals surface area contributed by atoms with Gasteiger partial charge in [0, 0.05) is 22.8 Å². The second-order valence-electron chi connectivity index (χ2n) is 14.8. The van der Waals surface area contributed by atoms with Crippen molar-refractivity contribution in [3.8, 4) is 11.5 Å². The number of anilines is 3. The number of amides is 2. The number of hydrogen-bond donors (Lipinski definition) is 1. The van der Waals surface area contributed by atoms with E-state index >= 15 is 0 Å². The lowest BCUT2D eigenvalue weighted by Gasteiger charge is -2.24. The van der Waals surface area contributed by atoms with E-state index in [1.807, 2.05) is 36.4 Å². The van der Waals surface area contributed by atoms with Crippen LogP contribution in [-0.2, 0) is 19.7 Å². The lowest BCUT2D eigenvalue weighted by atomic mass is 9.91. The van der Waals surface area contributed by atoms with Gasteiger partial charge in [0.2, 0.25) is 5.91 Å². The maximum Gasteiger partial charge on any atom is 0.435 e. The van der Waals surface area contributed by atoms with E-state index < -0.39 is 28.8 Å². The third-order valence-electron chi connectivity index (χ3n) is 9.03. The first-order chi connectivity index (χ1) is 22.6. The summed E-state index contributed by atoms with van der Waals surface area (Å²) in [6.07, 6.45) is -0.885. The van der Waals surface area contributed by atoms with E-state index in [9.17, 15) is 14.4 Å². The average molecular weight is 653 g/mol. The smallest absolute Gasteiger partial charge is 0.435 e. The predicted octanol–water partition coefficient (Wildman–Crippen LogP) is 7.77. The molecule has 0 radical (unpaired) electrons. The molecule has 1 aromatic heterocycles. The molecule has 2 amide bonds. The van der Waals surface area contributed by atoms with Gasteiger partial charge in [-0.3, -0.25) is 4.79 Å². The fraction of sp³-hybridized carbons (Fsp3) is 0.405. The maximum atomic E-state index is 14.2. The number of methoxy groups -OCH3 is 1. The molecule has 1 N–H and O–H groups in total. The molecule has 3 heterocycles. The van der Waals surface area contributed by atoms with Gasteiger partial charge in [0.15, 0.2) is 5.82 Å². The number of hydrogen-bond acceptors (Lipinski definition) is 9. The molecule has 3 aliphatic rings. The molecule has 2 aliphatic heterocycles. The molecule has 11 heteroatoms. The summed E-state index contributed by atoms with van der Waals surface area (Å²) in [5.41, 5.74) is 1.86. The number of para-hydroxylation sites is 1. The first-order valence-electron chi connectivity index (χ1n) is 16.2. The van der Waals surface area contributed by atoms with Crippen molar-refractivity contribution in [2.75, 3.05) is 23.9 Å². The fourth-order valence-corrected chi connectivity index (χ4v) is 6.82. The zero-order valence-electron chi connectivity index (χ0n) is 28.5. The van der Waals surface area contributed by atoms with Crippen molar-refractivity contribution in [2.45, 2.75) is 83.3 Å². The van der Waals surface area contributed by atoms with Gasteiger partial charge < -0.3 is 24.3 Å². The van der Waals surface area contributed by atoms with Crippen LogP contribution in [0.25, 0.3) is 10.9 Å². The van der Waals surface area contributed by atoms with Gasteiger partial charge in [0.1, 0.15) is 22.7 Å². The molecular formula is C37H40N4O7. The third kappa shape index (κ3) is 5.12. The normalized spacial score (nSPS) is 21.2. The highest BCUT2D eigenvalue weighted by atomic mass is 16.6. The van der Waals surface area contributed by atoms with Crippen molar-refractivity contribution < 1.29 is 33.3 Å². The van der Waals surface area contributed by atoms with E-state index in [1.165, 1.54) is 4.68 Å². The minimum absolute atomic E-state index is 0.265. The minimum Gasteiger partial charge on any atom is -0.497 e. The van der Waals surface area contributed by atoms with Crippen molar-refractivity contribution >= 4 is 46.2 Å². The van der Waals surface area contributed by atoms with Crippen LogP contribution >= 0.6 is 0 Å². The van der Waals surface area contributed by atoms with Crippen LogP contribution in [0.2, 0.25) is 0 Å². The van der Waals surface area contributed by atoms with Gasteiger partial charge in [-0.25, -0.2) is 14.5 Å². The average Bonchev–Trinajstić information content (AvgIpc) is 3.39. The van der Waals surface area contributed by atoms with Crippen LogP contribution in [0.1, 0.15) is 83.4 Å². The Morgan fingerprint density at radius 2 is 1.71 bits per heavy atom. The lowest BCUT2D eigenvalue weighted by Crippen LogP contribution is -2.41. The minimum atomic E-state index is -0.995. The fourth-order valence-electron chi connectivity index (χ4n) is 6.82. The number of ether oxygens (including phenoxy) is 4. The first kappa shape index (κ1) is 31.5. The van der Waals surface area contributed by atoms with Crippen LogP contribution in [0.3, 0.4) is 0 Å². The molecule has 1 aliphatic carbocycles. The molecule has 1 saturated carbocycles. The number of carbonyl (C=O) groups is 3. The Morgan fingerprint density at radius 1 is 0.979 bits per heavy atom. The summed E-state index contributed by atoms with van der Waals surface area (Å²) in [4.78, 5) is 42.3. The molecule has 1 fully saturated rings. The Hall–Kier alpha value is -5.06. The molecule has 0 bridgehead atoms. The molecule has 11 nitrogen and oxygen atoms in total. The van der Waals surface area contributed by atoms with E-state index in [4.69, 9.17) is 18.9 Å². The quantitative estimate of drug-likeness (QED) is 0.236. The molecule has 3 aromatic carbocycles. The maximum absolute atomic E-state index is 14.2. The van der Waals surface area contributed by atoms with Gasteiger partial charge in [-0.1, -0.05) is 25.1 Å². The van der Waals surface area contributed by atoms with Crippen molar-refractivity contribution in [1.82, 2.24) is 9.78 Å². The number of benzene rings is 3. The molecular weight excluding hydrogens is 612 g/mol. The topological polar surface area (TPSA) is 121 Å². The largest absolute Gasteiger partial charge is 0.497 e. The highest BCUT2D eigenvalue weighted by molar-refractivity contribution is 6.23. The second-order valence-corrected chi connectivity index (χ2v) is 14.8. The van der Waals surface area contributed by atoms with Crippen LogP contribution in [0.15, 0.2) is 54.6 Å². The lowest BCUT2D eigenvalue weighted by molar-refractivity contribution is -0.120. The summed E-state index contributed by atoms with van der Waals surface area (Å²) in [5.74, 6) is 1.45. The molecule has 0 saturated heterocycles. The summed E-state index contributed by atoms with van der Waals surface area (Å²) in [6, 6.07) is 17.0. The van der Waals surface area contributed by atoms with Gasteiger partial charge in [-0.15, -0.1) is 5.10 Å². The Balaban J connectivity index is 1.30. The van der Waals surface area contributed by atoms with Crippen molar-refractivity contribution in [3.05, 3.63) is 71.3 Å². The van der Waals surface area contributed by atoms with E-state index in [0.29, 0.717) is 46.7 Å². The van der Waals surface area contributed by atoms with Crippen molar-refractivity contribution in [3.63, 3.8) is 0 Å². The molecule has 4 aromatic rings. The van der Waals surface area contributed by atoms with Crippen LogP contribution in [0.4, 0.5) is 26.8 Å². The van der Waals surface area contributed by atoms with Crippen molar-refractivity contribution in [2.24, 2.45) is 0 Å². The number of rotatable bonds is 4. The Morgan fingerprint density at radius 3 is 2.42 bits per heavy atom. The standard InChI is InChI=1S/C37H40N4O7/c1-20-19-46-30-23(20)10-9-11-27(30)38-31-24-14-12-21(16-29(24)41(39-31)34(44)48-36(5,6)7)26-18-37(26)25-17-22(45-8)13-15-28(25)40(32(37)42)33(43)47-35(2,3)4/h9-17,20,26H,18-19H2,1-8H3,(H,38,39)/t20?,26-,37-/m0/s1. The second kappa shape index (κ2) is 10.7. The van der Waals surface area contributed by atoms with Gasteiger partial charge >= 0.3 is 12.2 Å². The van der Waals surface area contributed by atoms with Gasteiger partial charge in [0.05, 0.1) is 36.0 Å². The number of imide groups is 1. The van der Waals surface area contributed by atoms with E-state index in [0.717, 1.165) is 27.5 Å². The number of fused-ring (bicyclic) bond motifs is 4. The van der Waals surface area contributed by atoms with Crippen LogP contribution < -0.4 is 19.7 Å². The van der Waals surface area contributed by atoms with E-state index in [2.05, 4.69) is 23.4 Å². The molecule has 48 heavy (non-hydrogen) atoms. The summed E-state index contributed by atoms with van der Waals surface area (Å²) < 4.78 is 24.2. The van der Waals surface area contributed by atoms with Gasteiger partial charge in [-0.2, -0.15) is 4.68 Å². The highest BCUT2D eigenvalue weighted by Crippen LogP contribution is 2.67.